The minimum atomic E-state index is -0.350. The quantitative estimate of drug-likeness (QED) is 0.167. The number of aryl methyl sites for hydroxylation is 1. The molecule has 4 nitrogen and oxygen atoms in total. The highest BCUT2D eigenvalue weighted by Gasteiger charge is 2.27. The molecule has 0 N–H and O–H groups in total. The second-order valence-corrected chi connectivity index (χ2v) is 15.0. The molecule has 2 heterocycles. The van der Waals surface area contributed by atoms with Crippen LogP contribution in [-0.4, -0.2) is 0 Å². The van der Waals surface area contributed by atoms with Gasteiger partial charge in [-0.1, -0.05) is 68.2 Å². The van der Waals surface area contributed by atoms with E-state index in [9.17, 15) is 9.59 Å². The van der Waals surface area contributed by atoms with Gasteiger partial charge in [-0.15, -0.1) is 0 Å². The van der Waals surface area contributed by atoms with Crippen LogP contribution in [0.5, 0.6) is 0 Å². The van der Waals surface area contributed by atoms with Crippen LogP contribution < -0.4 is 21.3 Å². The van der Waals surface area contributed by atoms with Crippen LogP contribution in [0.15, 0.2) is 114 Å². The summed E-state index contributed by atoms with van der Waals surface area (Å²) in [5.41, 5.74) is 3.30. The van der Waals surface area contributed by atoms with Crippen molar-refractivity contribution in [3.8, 4) is 22.6 Å². The molecule has 47 heavy (non-hydrogen) atoms. The van der Waals surface area contributed by atoms with E-state index in [2.05, 4.69) is 31.9 Å². The van der Waals surface area contributed by atoms with E-state index in [4.69, 9.17) is 32.4 Å². The van der Waals surface area contributed by atoms with E-state index in [0.29, 0.717) is 32.9 Å². The van der Waals surface area contributed by atoms with Gasteiger partial charge < -0.3 is 4.74 Å². The van der Waals surface area contributed by atoms with Crippen LogP contribution in [-0.2, 0) is 4.74 Å². The number of benzene rings is 3. The molecule has 8 heteroatoms. The number of allylic oxidation sites excluding steroid dienone is 3. The molecule has 0 aliphatic carbocycles. The smallest absolute Gasteiger partial charge is 0.361 e. The summed E-state index contributed by atoms with van der Waals surface area (Å²) in [6.07, 6.45) is 7.16. The largest absolute Gasteiger partial charge is 0.461 e. The number of hydrogen-bond donors (Lipinski definition) is 0. The van der Waals surface area contributed by atoms with E-state index in [-0.39, 0.29) is 32.6 Å². The van der Waals surface area contributed by atoms with Crippen molar-refractivity contribution in [2.45, 2.75) is 27.7 Å². The third kappa shape index (κ3) is 7.02. The van der Waals surface area contributed by atoms with Crippen molar-refractivity contribution in [1.82, 2.24) is 0 Å². The van der Waals surface area contributed by atoms with Crippen molar-refractivity contribution in [3.05, 3.63) is 157 Å². The molecule has 5 aromatic rings. The summed E-state index contributed by atoms with van der Waals surface area (Å²) in [6, 6.07) is 22.7. The van der Waals surface area contributed by atoms with Gasteiger partial charge in [0.1, 0.15) is 11.5 Å². The minimum Gasteiger partial charge on any atom is -0.461 e. The Balaban J connectivity index is 1.45. The van der Waals surface area contributed by atoms with Gasteiger partial charge in [0.25, 0.3) is 0 Å². The maximum absolute atomic E-state index is 13.5. The molecule has 0 saturated heterocycles. The Morgan fingerprint density at radius 3 is 2.17 bits per heavy atom. The lowest BCUT2D eigenvalue weighted by atomic mass is 9.88. The summed E-state index contributed by atoms with van der Waals surface area (Å²) in [6.45, 7) is 8.14. The van der Waals surface area contributed by atoms with Crippen molar-refractivity contribution in [2.75, 3.05) is 0 Å². The number of halogens is 4. The molecular weight excluding hydrogens is 763 g/mol. The van der Waals surface area contributed by atoms with Gasteiger partial charge in [0.05, 0.1) is 43.7 Å². The van der Waals surface area contributed by atoms with Gasteiger partial charge in [0.2, 0.25) is 10.9 Å². The summed E-state index contributed by atoms with van der Waals surface area (Å²) < 4.78 is 14.4. The normalized spacial score (nSPS) is 14.8. The molecule has 0 fully saturated rings. The zero-order valence-corrected chi connectivity index (χ0v) is 30.6. The molecule has 0 spiro atoms. The maximum atomic E-state index is 13.5. The van der Waals surface area contributed by atoms with Gasteiger partial charge in [-0.2, -0.15) is 0 Å². The van der Waals surface area contributed by atoms with Crippen LogP contribution >= 0.6 is 55.1 Å². The fourth-order valence-electron chi connectivity index (χ4n) is 5.34. The first-order valence-electron chi connectivity index (χ1n) is 14.9. The molecule has 1 unspecified atom stereocenters. The zero-order chi connectivity index (χ0) is 33.6. The Morgan fingerprint density at radius 2 is 1.49 bits per heavy atom. The summed E-state index contributed by atoms with van der Waals surface area (Å²) >= 11 is 19.5. The minimum absolute atomic E-state index is 0.127. The summed E-state index contributed by atoms with van der Waals surface area (Å²) in [4.78, 5) is 27.0. The van der Waals surface area contributed by atoms with E-state index in [1.807, 2.05) is 101 Å². The third-order valence-corrected chi connectivity index (χ3v) is 10.5. The fraction of sp³-hybridized carbons (Fsp3) is 0.154. The Kier molecular flexibility index (Phi) is 9.34. The van der Waals surface area contributed by atoms with E-state index in [1.54, 1.807) is 24.3 Å². The topological polar surface area (TPSA) is 54.7 Å². The highest BCUT2D eigenvalue weighted by atomic mass is 79.9. The van der Waals surface area contributed by atoms with Crippen molar-refractivity contribution in [1.29, 1.82) is 0 Å². The lowest BCUT2D eigenvalue weighted by Crippen LogP contribution is -2.64. The van der Waals surface area contributed by atoms with Crippen LogP contribution in [0, 0.1) is 18.3 Å². The molecule has 4 aromatic carbocycles. The molecule has 1 atom stereocenters. The molecule has 236 valence electrons. The average Bonchev–Trinajstić information content (AvgIpc) is 3.04. The Morgan fingerprint density at radius 1 is 0.787 bits per heavy atom. The fourth-order valence-corrected chi connectivity index (χ4v) is 6.27. The second-order valence-electron chi connectivity index (χ2n) is 12.5. The SMILES string of the molecule is Cc1ccccc1-c1cc(C=c2c(=O)c(=CC3C=C(c4ccc(Cl)c(Cl)c4)OC(C(C)(C)C)=C3)c2=O)cc(-c2ccc(Br)c(Br)c2)[o+]1. The second kappa shape index (κ2) is 13.2. The van der Waals surface area contributed by atoms with Crippen molar-refractivity contribution < 1.29 is 9.15 Å². The molecule has 6 rings (SSSR count). The van der Waals surface area contributed by atoms with Crippen LogP contribution in [0.25, 0.3) is 40.6 Å². The highest BCUT2D eigenvalue weighted by Crippen LogP contribution is 2.38. The molecule has 0 amide bonds. The molecule has 0 radical (unpaired) electrons. The molecule has 0 bridgehead atoms. The first-order valence-corrected chi connectivity index (χ1v) is 17.2. The lowest BCUT2D eigenvalue weighted by molar-refractivity contribution is 0.257. The van der Waals surface area contributed by atoms with Crippen molar-refractivity contribution in [3.63, 3.8) is 0 Å². The third-order valence-electron chi connectivity index (χ3n) is 7.93. The van der Waals surface area contributed by atoms with Gasteiger partial charge in [-0.05, 0) is 111 Å². The Hall–Kier alpha value is -3.55. The molecule has 1 aliphatic rings. The van der Waals surface area contributed by atoms with Crippen molar-refractivity contribution in [2.24, 2.45) is 11.3 Å². The monoisotopic (exact) mass is 789 g/mol. The summed E-state index contributed by atoms with van der Waals surface area (Å²) in [5.74, 6) is 2.18. The van der Waals surface area contributed by atoms with Gasteiger partial charge in [0.15, 0.2) is 0 Å². The maximum Gasteiger partial charge on any atom is 0.361 e. The average molecular weight is 792 g/mol. The standard InChI is InChI=1S/C39H29Br2Cl2O4/c1-21-7-5-6-8-26(21)35-17-22(15-33(46-35)24-9-11-29(40)30(41)19-24)13-27-37(44)28(38(27)45)14-23-16-34(47-36(18-23)39(2,3)4)25-10-12-31(42)32(43)20-25/h5-20,23H,1-4H3/q+1. The number of rotatable bonds is 5. The van der Waals surface area contributed by atoms with E-state index in [0.717, 1.165) is 37.0 Å². The molecule has 1 aliphatic heterocycles. The predicted octanol–water partition coefficient (Wildman–Crippen LogP) is 9.86. The Bertz CT molecular complexity index is 2290. The lowest BCUT2D eigenvalue weighted by Gasteiger charge is -2.29. The molecule has 0 saturated carbocycles. The molecule has 1 aromatic heterocycles. The zero-order valence-electron chi connectivity index (χ0n) is 26.0. The van der Waals surface area contributed by atoms with E-state index < -0.39 is 0 Å². The predicted molar refractivity (Wildman–Crippen MR) is 199 cm³/mol. The summed E-state index contributed by atoms with van der Waals surface area (Å²) in [7, 11) is 0. The van der Waals surface area contributed by atoms with E-state index >= 15 is 0 Å². The first-order chi connectivity index (χ1) is 22.3. The van der Waals surface area contributed by atoms with Crippen molar-refractivity contribution >= 4 is 73.0 Å². The van der Waals surface area contributed by atoms with Gasteiger partial charge in [0, 0.05) is 25.8 Å². The van der Waals surface area contributed by atoms with Gasteiger partial charge in [-0.25, -0.2) is 4.42 Å². The number of ether oxygens (including phenoxy) is 1. The van der Waals surface area contributed by atoms with Crippen LogP contribution in [0.3, 0.4) is 0 Å². The summed E-state index contributed by atoms with van der Waals surface area (Å²) in [5, 5.41) is 1.12. The first kappa shape index (κ1) is 33.4. The Labute approximate surface area is 299 Å². The molecular formula is C39H29Br2Cl2O4+. The number of hydrogen-bond acceptors (Lipinski definition) is 3. The van der Waals surface area contributed by atoms with Gasteiger partial charge in [-0.3, -0.25) is 9.59 Å². The van der Waals surface area contributed by atoms with Crippen LogP contribution in [0.4, 0.5) is 0 Å². The highest BCUT2D eigenvalue weighted by molar-refractivity contribution is 9.13. The van der Waals surface area contributed by atoms with Crippen LogP contribution in [0.2, 0.25) is 10.0 Å². The van der Waals surface area contributed by atoms with E-state index in [1.165, 1.54) is 0 Å². The van der Waals surface area contributed by atoms with Gasteiger partial charge >= 0.3 is 11.5 Å². The van der Waals surface area contributed by atoms with Crippen LogP contribution in [0.1, 0.15) is 37.5 Å².